The van der Waals surface area contributed by atoms with Crippen LogP contribution in [0.2, 0.25) is 5.02 Å². The van der Waals surface area contributed by atoms with Gasteiger partial charge in [0, 0.05) is 83.1 Å². The second-order valence-corrected chi connectivity index (χ2v) is 9.41. The molecule has 2 aromatic heterocycles. The molecule has 2 aliphatic heterocycles. The van der Waals surface area contributed by atoms with E-state index in [4.69, 9.17) is 21.6 Å². The second-order valence-electron chi connectivity index (χ2n) is 9.00. The molecule has 8 nitrogen and oxygen atoms in total. The molecule has 0 atom stereocenters. The molecule has 0 spiro atoms. The monoisotopic (exact) mass is 501 g/mol. The molecule has 184 valence electrons. The summed E-state index contributed by atoms with van der Waals surface area (Å²) in [6, 6.07) is 2.20. The van der Waals surface area contributed by atoms with Crippen LogP contribution in [0.25, 0.3) is 11.3 Å². The van der Waals surface area contributed by atoms with Crippen molar-refractivity contribution in [3.05, 3.63) is 58.1 Å². The van der Waals surface area contributed by atoms with Gasteiger partial charge in [0.15, 0.2) is 5.82 Å². The van der Waals surface area contributed by atoms with E-state index in [2.05, 4.69) is 14.9 Å². The number of rotatable bonds is 4. The maximum atomic E-state index is 14.2. The number of hydrogen-bond acceptors (Lipinski definition) is 6. The van der Waals surface area contributed by atoms with Crippen molar-refractivity contribution >= 4 is 23.3 Å². The third-order valence-electron chi connectivity index (χ3n) is 6.57. The molecule has 0 N–H and O–H groups in total. The summed E-state index contributed by atoms with van der Waals surface area (Å²) < 4.78 is 29.5. The first-order valence-electron chi connectivity index (χ1n) is 11.5. The zero-order chi connectivity index (χ0) is 24.7. The van der Waals surface area contributed by atoms with Crippen LogP contribution < -0.4 is 4.90 Å². The highest BCUT2D eigenvalue weighted by Gasteiger charge is 2.28. The Labute approximate surface area is 207 Å². The Bertz CT molecular complexity index is 1270. The van der Waals surface area contributed by atoms with Gasteiger partial charge in [-0.25, -0.2) is 18.7 Å². The molecule has 5 rings (SSSR count). The Balaban J connectivity index is 1.38. The molecule has 35 heavy (non-hydrogen) atoms. The molecule has 11 heteroatoms. The smallest absolute Gasteiger partial charge is 0.219 e. The van der Waals surface area contributed by atoms with Gasteiger partial charge in [0.1, 0.15) is 17.3 Å². The lowest BCUT2D eigenvalue weighted by atomic mass is 10.1. The number of carbonyl (C=O) groups is 1. The number of benzene rings is 1. The maximum Gasteiger partial charge on any atom is 0.219 e. The minimum Gasteiger partial charge on any atom is -0.352 e. The van der Waals surface area contributed by atoms with Crippen LogP contribution in [0.5, 0.6) is 0 Å². The van der Waals surface area contributed by atoms with Crippen LogP contribution in [-0.2, 0) is 31.4 Å². The van der Waals surface area contributed by atoms with Gasteiger partial charge < -0.3 is 9.80 Å². The van der Waals surface area contributed by atoms with Gasteiger partial charge in [0.2, 0.25) is 5.91 Å². The fourth-order valence-corrected chi connectivity index (χ4v) is 4.78. The number of anilines is 1. The van der Waals surface area contributed by atoms with Gasteiger partial charge in [-0.05, 0) is 6.07 Å². The molecule has 2 aliphatic rings. The molecule has 0 saturated carbocycles. The highest BCUT2D eigenvalue weighted by atomic mass is 35.5. The minimum absolute atomic E-state index is 0.0273. The quantitative estimate of drug-likeness (QED) is 0.512. The summed E-state index contributed by atoms with van der Waals surface area (Å²) >= 11 is 5.86. The predicted octanol–water partition coefficient (Wildman–Crippen LogP) is 3.04. The van der Waals surface area contributed by atoms with Crippen molar-refractivity contribution in [1.29, 1.82) is 0 Å². The summed E-state index contributed by atoms with van der Waals surface area (Å²) in [4.78, 5) is 28.0. The summed E-state index contributed by atoms with van der Waals surface area (Å²) in [5.41, 5.74) is 3.71. The zero-order valence-electron chi connectivity index (χ0n) is 19.6. The summed E-state index contributed by atoms with van der Waals surface area (Å²) in [5, 5.41) is 4.22. The van der Waals surface area contributed by atoms with E-state index in [1.54, 1.807) is 22.7 Å². The third-order valence-corrected chi connectivity index (χ3v) is 6.86. The first-order valence-corrected chi connectivity index (χ1v) is 11.9. The zero-order valence-corrected chi connectivity index (χ0v) is 20.4. The molecular formula is C24H26ClF2N7O. The van der Waals surface area contributed by atoms with Crippen molar-refractivity contribution < 1.29 is 13.6 Å². The van der Waals surface area contributed by atoms with E-state index in [9.17, 15) is 13.6 Å². The van der Waals surface area contributed by atoms with Crippen LogP contribution in [0.15, 0.2) is 24.5 Å². The molecule has 4 heterocycles. The Morgan fingerprint density at radius 3 is 2.51 bits per heavy atom. The van der Waals surface area contributed by atoms with Crippen LogP contribution in [0.1, 0.15) is 23.9 Å². The van der Waals surface area contributed by atoms with Gasteiger partial charge >= 0.3 is 0 Å². The van der Waals surface area contributed by atoms with E-state index in [0.29, 0.717) is 57.8 Å². The highest BCUT2D eigenvalue weighted by molar-refractivity contribution is 6.30. The predicted molar refractivity (Wildman–Crippen MR) is 128 cm³/mol. The van der Waals surface area contributed by atoms with E-state index in [1.165, 1.54) is 6.07 Å². The summed E-state index contributed by atoms with van der Waals surface area (Å²) in [6.45, 7) is 5.71. The lowest BCUT2D eigenvalue weighted by Crippen LogP contribution is -2.47. The first kappa shape index (κ1) is 23.6. The van der Waals surface area contributed by atoms with Gasteiger partial charge in [-0.15, -0.1) is 0 Å². The summed E-state index contributed by atoms with van der Waals surface area (Å²) in [6.07, 6.45) is 4.33. The van der Waals surface area contributed by atoms with Crippen molar-refractivity contribution in [2.24, 2.45) is 7.05 Å². The van der Waals surface area contributed by atoms with E-state index >= 15 is 0 Å². The fraction of sp³-hybridized carbons (Fsp3) is 0.417. The van der Waals surface area contributed by atoms with Crippen LogP contribution in [0.3, 0.4) is 0 Å². The number of amides is 1. The molecule has 0 bridgehead atoms. The summed E-state index contributed by atoms with van der Waals surface area (Å²) in [7, 11) is 1.85. The number of nitrogens with zero attached hydrogens (tertiary/aromatic N) is 7. The Morgan fingerprint density at radius 2 is 1.83 bits per heavy atom. The van der Waals surface area contributed by atoms with E-state index < -0.39 is 11.6 Å². The summed E-state index contributed by atoms with van der Waals surface area (Å²) in [5.74, 6) is -0.519. The topological polar surface area (TPSA) is 70.4 Å². The molecule has 1 fully saturated rings. The van der Waals surface area contributed by atoms with E-state index in [1.807, 2.05) is 13.2 Å². The van der Waals surface area contributed by atoms with E-state index in [0.717, 1.165) is 34.5 Å². The van der Waals surface area contributed by atoms with Crippen molar-refractivity contribution in [2.75, 3.05) is 37.6 Å². The van der Waals surface area contributed by atoms with Gasteiger partial charge in [0.05, 0.1) is 29.2 Å². The average Bonchev–Trinajstić information content (AvgIpc) is 3.28. The number of hydrogen-bond donors (Lipinski definition) is 0. The fourth-order valence-electron chi connectivity index (χ4n) is 4.59. The molecule has 1 aromatic carbocycles. The van der Waals surface area contributed by atoms with Crippen molar-refractivity contribution in [3.8, 4) is 11.3 Å². The highest BCUT2D eigenvalue weighted by Crippen LogP contribution is 2.31. The Morgan fingerprint density at radius 1 is 1.06 bits per heavy atom. The van der Waals surface area contributed by atoms with Gasteiger partial charge in [0.25, 0.3) is 0 Å². The number of aromatic nitrogens is 4. The Kier molecular flexibility index (Phi) is 6.41. The van der Waals surface area contributed by atoms with Crippen molar-refractivity contribution in [1.82, 2.24) is 29.5 Å². The van der Waals surface area contributed by atoms with E-state index in [-0.39, 0.29) is 10.9 Å². The maximum absolute atomic E-state index is 14.2. The number of carbonyl (C=O) groups excluding carboxylic acids is 1. The van der Waals surface area contributed by atoms with Crippen LogP contribution in [-0.4, -0.2) is 68.2 Å². The van der Waals surface area contributed by atoms with Crippen LogP contribution in [0.4, 0.5) is 14.6 Å². The van der Waals surface area contributed by atoms with Crippen LogP contribution >= 0.6 is 11.6 Å². The molecule has 0 radical (unpaired) electrons. The van der Waals surface area contributed by atoms with Gasteiger partial charge in [-0.2, -0.15) is 5.10 Å². The number of piperazine rings is 1. The average molecular weight is 502 g/mol. The number of fused-ring (bicyclic) bond motifs is 1. The Hall–Kier alpha value is -3.11. The van der Waals surface area contributed by atoms with Crippen molar-refractivity contribution in [3.63, 3.8) is 0 Å². The third kappa shape index (κ3) is 4.85. The van der Waals surface area contributed by atoms with Gasteiger partial charge in [-0.1, -0.05) is 11.6 Å². The first-order chi connectivity index (χ1) is 16.8. The van der Waals surface area contributed by atoms with Gasteiger partial charge in [-0.3, -0.25) is 14.4 Å². The second kappa shape index (κ2) is 9.50. The molecule has 0 aliphatic carbocycles. The standard InChI is InChI=1S/C24H26ClF2N7O/c1-15(35)34-4-3-21-22(14-34)29-23(17-11-28-31(2)12-17)24(30-21)33-7-5-32(6-8-33)13-16-9-18(25)20(27)10-19(16)26/h9-12H,3-8,13-14H2,1-2H3. The molecule has 0 unspecified atom stereocenters. The SMILES string of the molecule is CC(=O)N1CCc2nc(N3CCN(Cc4cc(Cl)c(F)cc4F)CC3)c(-c3cnn(C)c3)nc2C1. The molecule has 3 aromatic rings. The van der Waals surface area contributed by atoms with Crippen LogP contribution in [0, 0.1) is 11.6 Å². The largest absolute Gasteiger partial charge is 0.352 e. The molecule has 1 saturated heterocycles. The number of halogens is 3. The normalized spacial score (nSPS) is 16.5. The number of aryl methyl sites for hydroxylation is 1. The van der Waals surface area contributed by atoms with Crippen molar-refractivity contribution in [2.45, 2.75) is 26.4 Å². The molecular weight excluding hydrogens is 476 g/mol. The lowest BCUT2D eigenvalue weighted by Gasteiger charge is -2.37. The molecule has 1 amide bonds. The minimum atomic E-state index is -0.752. The lowest BCUT2D eigenvalue weighted by molar-refractivity contribution is -0.129.